The summed E-state index contributed by atoms with van der Waals surface area (Å²) in [4.78, 5) is 16.1. The number of benzene rings is 1. The predicted molar refractivity (Wildman–Crippen MR) is 78.1 cm³/mol. The van der Waals surface area contributed by atoms with E-state index in [0.717, 1.165) is 5.52 Å². The van der Waals surface area contributed by atoms with Crippen molar-refractivity contribution in [1.82, 2.24) is 10.3 Å². The van der Waals surface area contributed by atoms with Crippen LogP contribution in [0.25, 0.3) is 11.1 Å². The first-order valence-corrected chi connectivity index (χ1v) is 7.68. The smallest absolute Gasteiger partial charge is 0.257 e. The lowest BCUT2D eigenvalue weighted by molar-refractivity contribution is -0.119. The fourth-order valence-electron chi connectivity index (χ4n) is 2.09. The molecule has 2 N–H and O–H groups in total. The number of carbonyl (C=O) groups excluding carboxylic acids is 1. The van der Waals surface area contributed by atoms with E-state index in [-0.39, 0.29) is 24.8 Å². The number of ether oxygens (including phenoxy) is 1. The van der Waals surface area contributed by atoms with E-state index in [2.05, 4.69) is 10.3 Å². The number of hydrogen-bond acceptors (Lipinski definition) is 6. The van der Waals surface area contributed by atoms with Gasteiger partial charge < -0.3 is 19.6 Å². The van der Waals surface area contributed by atoms with Crippen molar-refractivity contribution in [2.24, 2.45) is 0 Å². The van der Waals surface area contributed by atoms with Crippen LogP contribution in [0, 0.1) is 0 Å². The number of amides is 1. The number of carbonyl (C=O) groups is 1. The Morgan fingerprint density at radius 3 is 3.10 bits per heavy atom. The van der Waals surface area contributed by atoms with E-state index in [0.29, 0.717) is 23.8 Å². The van der Waals surface area contributed by atoms with E-state index in [1.807, 2.05) is 24.3 Å². The van der Waals surface area contributed by atoms with Crippen LogP contribution in [-0.4, -0.2) is 47.1 Å². The molecule has 3 rings (SSSR count). The Morgan fingerprint density at radius 2 is 2.33 bits per heavy atom. The van der Waals surface area contributed by atoms with Crippen molar-refractivity contribution in [3.05, 3.63) is 24.3 Å². The van der Waals surface area contributed by atoms with E-state index in [9.17, 15) is 9.90 Å². The molecule has 1 aliphatic rings. The minimum Gasteiger partial charge on any atom is -0.431 e. The maximum Gasteiger partial charge on any atom is 0.257 e. The van der Waals surface area contributed by atoms with E-state index in [1.165, 1.54) is 11.8 Å². The molecule has 0 radical (unpaired) electrons. The molecule has 7 heteroatoms. The minimum absolute atomic E-state index is 0.164. The van der Waals surface area contributed by atoms with Crippen molar-refractivity contribution in [3.8, 4) is 0 Å². The third-order valence-corrected chi connectivity index (χ3v) is 4.13. The molecule has 1 unspecified atom stereocenters. The monoisotopic (exact) mass is 308 g/mol. The first kappa shape index (κ1) is 14.4. The van der Waals surface area contributed by atoms with Crippen molar-refractivity contribution >= 4 is 28.8 Å². The number of nitrogens with zero attached hydrogens (tertiary/aromatic N) is 1. The Morgan fingerprint density at radius 1 is 1.48 bits per heavy atom. The van der Waals surface area contributed by atoms with Gasteiger partial charge >= 0.3 is 0 Å². The fraction of sp³-hybridized carbons (Fsp3) is 0.429. The highest BCUT2D eigenvalue weighted by Crippen LogP contribution is 2.23. The Kier molecular flexibility index (Phi) is 4.14. The van der Waals surface area contributed by atoms with Crippen LogP contribution in [0.2, 0.25) is 0 Å². The van der Waals surface area contributed by atoms with Gasteiger partial charge in [-0.25, -0.2) is 4.98 Å². The number of hydrogen-bond donors (Lipinski definition) is 2. The van der Waals surface area contributed by atoms with Gasteiger partial charge in [0.15, 0.2) is 5.58 Å². The molecule has 6 nitrogen and oxygen atoms in total. The second kappa shape index (κ2) is 6.05. The lowest BCUT2D eigenvalue weighted by Crippen LogP contribution is -2.43. The van der Waals surface area contributed by atoms with Crippen molar-refractivity contribution in [2.45, 2.75) is 17.2 Å². The molecule has 2 heterocycles. The molecule has 1 fully saturated rings. The van der Waals surface area contributed by atoms with Crippen LogP contribution in [0.4, 0.5) is 0 Å². The van der Waals surface area contributed by atoms with Gasteiger partial charge in [0, 0.05) is 19.6 Å². The molecule has 1 saturated heterocycles. The molecule has 21 heavy (non-hydrogen) atoms. The number of nitrogens with one attached hydrogen (secondary N) is 1. The van der Waals surface area contributed by atoms with Gasteiger partial charge in [0.05, 0.1) is 12.4 Å². The summed E-state index contributed by atoms with van der Waals surface area (Å²) < 4.78 is 10.6. The molecule has 0 bridgehead atoms. The lowest BCUT2D eigenvalue weighted by atomic mass is 10.0. The predicted octanol–water partition coefficient (Wildman–Crippen LogP) is 1.19. The van der Waals surface area contributed by atoms with E-state index in [4.69, 9.17) is 9.15 Å². The summed E-state index contributed by atoms with van der Waals surface area (Å²) >= 11 is 1.23. The van der Waals surface area contributed by atoms with Gasteiger partial charge in [0.25, 0.3) is 5.22 Å². The quantitative estimate of drug-likeness (QED) is 0.807. The van der Waals surface area contributed by atoms with Gasteiger partial charge in [-0.15, -0.1) is 0 Å². The molecule has 1 atom stereocenters. The molecule has 112 valence electrons. The summed E-state index contributed by atoms with van der Waals surface area (Å²) in [6, 6.07) is 7.45. The second-order valence-electron chi connectivity index (χ2n) is 5.04. The maximum atomic E-state index is 11.8. The molecule has 0 aliphatic carbocycles. The van der Waals surface area contributed by atoms with E-state index < -0.39 is 5.60 Å². The first-order valence-electron chi connectivity index (χ1n) is 6.70. The summed E-state index contributed by atoms with van der Waals surface area (Å²) in [5, 5.41) is 13.2. The number of aliphatic hydroxyl groups is 1. The molecule has 0 saturated carbocycles. The number of rotatable bonds is 5. The zero-order valence-corrected chi connectivity index (χ0v) is 12.2. The fourth-order valence-corrected chi connectivity index (χ4v) is 2.76. The molecule has 1 aromatic heterocycles. The van der Waals surface area contributed by atoms with Crippen molar-refractivity contribution in [3.63, 3.8) is 0 Å². The number of para-hydroxylation sites is 2. The summed E-state index contributed by atoms with van der Waals surface area (Å²) in [6.07, 6.45) is 0.547. The van der Waals surface area contributed by atoms with Gasteiger partial charge in [-0.05, 0) is 12.1 Å². The topological polar surface area (TPSA) is 84.6 Å². The van der Waals surface area contributed by atoms with Crippen molar-refractivity contribution < 1.29 is 19.1 Å². The van der Waals surface area contributed by atoms with Crippen LogP contribution in [0.5, 0.6) is 0 Å². The Bertz CT molecular complexity index is 604. The van der Waals surface area contributed by atoms with Gasteiger partial charge in [0.2, 0.25) is 5.91 Å². The molecular weight excluding hydrogens is 292 g/mol. The summed E-state index contributed by atoms with van der Waals surface area (Å²) in [7, 11) is 0. The Labute approximate surface area is 125 Å². The average Bonchev–Trinajstić information content (AvgIpc) is 3.09. The SMILES string of the molecule is O=C(CSc1nc2ccccc2o1)NCC1(O)CCOC1. The molecular formula is C14H16N2O4S. The molecule has 2 aromatic rings. The highest BCUT2D eigenvalue weighted by Gasteiger charge is 2.32. The number of oxazole rings is 1. The Balaban J connectivity index is 1.49. The van der Waals surface area contributed by atoms with Crippen LogP contribution in [0.15, 0.2) is 33.9 Å². The minimum atomic E-state index is -0.933. The maximum absolute atomic E-state index is 11.8. The highest BCUT2D eigenvalue weighted by atomic mass is 32.2. The zero-order chi connectivity index (χ0) is 14.7. The second-order valence-corrected chi connectivity index (χ2v) is 5.97. The Hall–Kier alpha value is -1.57. The molecule has 1 aliphatic heterocycles. The van der Waals surface area contributed by atoms with Gasteiger partial charge in [-0.2, -0.15) is 0 Å². The van der Waals surface area contributed by atoms with Crippen LogP contribution in [-0.2, 0) is 9.53 Å². The molecule has 1 amide bonds. The standard InChI is InChI=1S/C14H16N2O4S/c17-12(15-8-14(18)5-6-19-9-14)7-21-13-16-10-3-1-2-4-11(10)20-13/h1-4,18H,5-9H2,(H,15,17). The third kappa shape index (κ3) is 3.55. The highest BCUT2D eigenvalue weighted by molar-refractivity contribution is 7.99. The third-order valence-electron chi connectivity index (χ3n) is 3.30. The van der Waals surface area contributed by atoms with Crippen molar-refractivity contribution in [1.29, 1.82) is 0 Å². The van der Waals surface area contributed by atoms with Crippen LogP contribution < -0.4 is 5.32 Å². The normalized spacial score (nSPS) is 21.8. The van der Waals surface area contributed by atoms with Gasteiger partial charge in [-0.1, -0.05) is 23.9 Å². The van der Waals surface area contributed by atoms with Crippen LogP contribution in [0.3, 0.4) is 0 Å². The van der Waals surface area contributed by atoms with E-state index in [1.54, 1.807) is 0 Å². The van der Waals surface area contributed by atoms with Crippen LogP contribution in [0.1, 0.15) is 6.42 Å². The summed E-state index contributed by atoms with van der Waals surface area (Å²) in [5.41, 5.74) is 0.549. The van der Waals surface area contributed by atoms with Crippen molar-refractivity contribution in [2.75, 3.05) is 25.5 Å². The first-order chi connectivity index (χ1) is 10.1. The van der Waals surface area contributed by atoms with Gasteiger partial charge in [0.1, 0.15) is 11.1 Å². The van der Waals surface area contributed by atoms with Crippen LogP contribution >= 0.6 is 11.8 Å². The molecule has 0 spiro atoms. The lowest BCUT2D eigenvalue weighted by Gasteiger charge is -2.20. The largest absolute Gasteiger partial charge is 0.431 e. The molecule has 1 aromatic carbocycles. The summed E-state index contributed by atoms with van der Waals surface area (Å²) in [6.45, 7) is 1.01. The van der Waals surface area contributed by atoms with Gasteiger partial charge in [-0.3, -0.25) is 4.79 Å². The van der Waals surface area contributed by atoms with E-state index >= 15 is 0 Å². The number of aromatic nitrogens is 1. The average molecular weight is 308 g/mol. The number of thioether (sulfide) groups is 1. The summed E-state index contributed by atoms with van der Waals surface area (Å²) in [5.74, 6) is 0.0339. The number of fused-ring (bicyclic) bond motifs is 1. The zero-order valence-electron chi connectivity index (χ0n) is 11.4.